The number of nitrogens with zero attached hydrogens (tertiary/aromatic N) is 5. The summed E-state index contributed by atoms with van der Waals surface area (Å²) in [5, 5.41) is 0.519. The molecule has 27 heavy (non-hydrogen) atoms. The zero-order valence-corrected chi connectivity index (χ0v) is 15.9. The molecule has 1 aliphatic rings. The number of aromatic nitrogens is 4. The van der Waals surface area contributed by atoms with Gasteiger partial charge in [0.2, 0.25) is 5.95 Å². The predicted molar refractivity (Wildman–Crippen MR) is 104 cm³/mol. The summed E-state index contributed by atoms with van der Waals surface area (Å²) >= 11 is 6.21. The maximum atomic E-state index is 13.1. The fraction of sp³-hybridized carbons (Fsp3) is 0.389. The van der Waals surface area contributed by atoms with Crippen molar-refractivity contribution < 1.29 is 4.74 Å². The van der Waals surface area contributed by atoms with Crippen molar-refractivity contribution >= 4 is 28.7 Å². The van der Waals surface area contributed by atoms with Gasteiger partial charge in [0.25, 0.3) is 5.56 Å². The molecule has 1 saturated heterocycles. The average Bonchev–Trinajstić information content (AvgIpc) is 3.03. The largest absolute Gasteiger partial charge is 0.378 e. The second kappa shape index (κ2) is 6.86. The van der Waals surface area contributed by atoms with Gasteiger partial charge in [-0.05, 0) is 11.6 Å². The van der Waals surface area contributed by atoms with E-state index >= 15 is 0 Å². The highest BCUT2D eigenvalue weighted by atomic mass is 35.5. The molecule has 0 N–H and O–H groups in total. The highest BCUT2D eigenvalue weighted by molar-refractivity contribution is 6.31. The van der Waals surface area contributed by atoms with Crippen molar-refractivity contribution in [3.63, 3.8) is 0 Å². The summed E-state index contributed by atoms with van der Waals surface area (Å²) in [6, 6.07) is 7.19. The molecule has 0 unspecified atom stereocenters. The Morgan fingerprint density at radius 2 is 1.81 bits per heavy atom. The van der Waals surface area contributed by atoms with Crippen LogP contribution in [0.25, 0.3) is 11.2 Å². The van der Waals surface area contributed by atoms with Crippen LogP contribution in [-0.4, -0.2) is 45.0 Å². The molecule has 0 bridgehead atoms. The van der Waals surface area contributed by atoms with Crippen LogP contribution in [0.1, 0.15) is 5.56 Å². The van der Waals surface area contributed by atoms with Crippen LogP contribution in [-0.2, 0) is 25.4 Å². The van der Waals surface area contributed by atoms with E-state index in [2.05, 4.69) is 9.88 Å². The van der Waals surface area contributed by atoms with E-state index in [1.807, 2.05) is 12.1 Å². The third-order valence-corrected chi connectivity index (χ3v) is 5.29. The Hall–Kier alpha value is -2.58. The lowest BCUT2D eigenvalue weighted by Crippen LogP contribution is -2.40. The fourth-order valence-electron chi connectivity index (χ4n) is 3.41. The summed E-state index contributed by atoms with van der Waals surface area (Å²) < 4.78 is 9.76. The molecule has 0 aliphatic carbocycles. The number of halogens is 1. The Morgan fingerprint density at radius 1 is 1.11 bits per heavy atom. The van der Waals surface area contributed by atoms with Crippen LogP contribution in [0.4, 0.5) is 5.95 Å². The Kier molecular flexibility index (Phi) is 4.53. The van der Waals surface area contributed by atoms with Crippen LogP contribution >= 0.6 is 11.6 Å². The summed E-state index contributed by atoms with van der Waals surface area (Å²) in [5.74, 6) is 0.663. The second-order valence-electron chi connectivity index (χ2n) is 6.57. The van der Waals surface area contributed by atoms with Crippen LogP contribution in [0.2, 0.25) is 5.02 Å². The summed E-state index contributed by atoms with van der Waals surface area (Å²) in [6.07, 6.45) is 0. The van der Waals surface area contributed by atoms with E-state index in [-0.39, 0.29) is 12.1 Å². The standard InChI is InChI=1S/C18H20ClN5O3/c1-21-14-15(20-17(21)23-7-9-27-10-8-23)22(2)18(26)24(16(14)25)11-12-5-3-4-6-13(12)19/h3-6H,7-11H2,1-2H3. The fourth-order valence-corrected chi connectivity index (χ4v) is 3.61. The molecule has 4 rings (SSSR count). The number of hydrogen-bond donors (Lipinski definition) is 0. The molecule has 0 amide bonds. The van der Waals surface area contributed by atoms with Gasteiger partial charge in [0.1, 0.15) is 0 Å². The van der Waals surface area contributed by atoms with Crippen LogP contribution in [0.5, 0.6) is 0 Å². The van der Waals surface area contributed by atoms with Crippen molar-refractivity contribution in [2.45, 2.75) is 6.54 Å². The van der Waals surface area contributed by atoms with Crippen molar-refractivity contribution in [1.29, 1.82) is 0 Å². The summed E-state index contributed by atoms with van der Waals surface area (Å²) in [5.41, 5.74) is 0.699. The monoisotopic (exact) mass is 389 g/mol. The third-order valence-electron chi connectivity index (χ3n) is 4.92. The van der Waals surface area contributed by atoms with Crippen molar-refractivity contribution in [3.05, 3.63) is 55.7 Å². The molecular weight excluding hydrogens is 370 g/mol. The molecule has 0 saturated carbocycles. The van der Waals surface area contributed by atoms with Crippen molar-refractivity contribution in [2.24, 2.45) is 14.1 Å². The Bertz CT molecular complexity index is 1120. The van der Waals surface area contributed by atoms with E-state index in [1.165, 1.54) is 9.13 Å². The molecule has 0 spiro atoms. The van der Waals surface area contributed by atoms with Crippen molar-refractivity contribution in [2.75, 3.05) is 31.2 Å². The number of anilines is 1. The molecule has 8 nitrogen and oxygen atoms in total. The van der Waals surface area contributed by atoms with Gasteiger partial charge in [-0.1, -0.05) is 29.8 Å². The Morgan fingerprint density at radius 3 is 2.52 bits per heavy atom. The molecule has 1 aliphatic heterocycles. The lowest BCUT2D eigenvalue weighted by atomic mass is 10.2. The van der Waals surface area contributed by atoms with Gasteiger partial charge in [-0.3, -0.25) is 13.9 Å². The SMILES string of the molecule is Cn1c(N2CCOCC2)nc2c1c(=O)n(Cc1ccccc1Cl)c(=O)n2C. The van der Waals surface area contributed by atoms with E-state index < -0.39 is 5.69 Å². The van der Waals surface area contributed by atoms with E-state index in [0.717, 1.165) is 0 Å². The first-order valence-corrected chi connectivity index (χ1v) is 9.09. The highest BCUT2D eigenvalue weighted by Gasteiger charge is 2.23. The number of hydrogen-bond acceptors (Lipinski definition) is 5. The first kappa shape index (κ1) is 17.8. The van der Waals surface area contributed by atoms with E-state index in [9.17, 15) is 9.59 Å². The highest BCUT2D eigenvalue weighted by Crippen LogP contribution is 2.19. The number of benzene rings is 1. The molecule has 0 atom stereocenters. The van der Waals surface area contributed by atoms with E-state index in [0.29, 0.717) is 54.0 Å². The topological polar surface area (TPSA) is 74.3 Å². The summed E-state index contributed by atoms with van der Waals surface area (Å²) in [4.78, 5) is 32.6. The van der Waals surface area contributed by atoms with Crippen LogP contribution in [0, 0.1) is 0 Å². The van der Waals surface area contributed by atoms with Gasteiger partial charge in [0.05, 0.1) is 19.8 Å². The lowest BCUT2D eigenvalue weighted by molar-refractivity contribution is 0.122. The first-order valence-electron chi connectivity index (χ1n) is 8.71. The maximum Gasteiger partial charge on any atom is 0.332 e. The zero-order valence-electron chi connectivity index (χ0n) is 15.2. The minimum absolute atomic E-state index is 0.110. The van der Waals surface area contributed by atoms with Gasteiger partial charge in [0.15, 0.2) is 11.2 Å². The van der Waals surface area contributed by atoms with Crippen molar-refractivity contribution in [3.8, 4) is 0 Å². The molecule has 3 aromatic rings. The first-order chi connectivity index (χ1) is 13.0. The Balaban J connectivity index is 1.89. The molecule has 1 fully saturated rings. The summed E-state index contributed by atoms with van der Waals surface area (Å²) in [7, 11) is 3.43. The van der Waals surface area contributed by atoms with Crippen molar-refractivity contribution in [1.82, 2.24) is 18.7 Å². The molecule has 1 aromatic carbocycles. The number of ether oxygens (including phenoxy) is 1. The number of aryl methyl sites for hydroxylation is 2. The lowest BCUT2D eigenvalue weighted by Gasteiger charge is -2.27. The van der Waals surface area contributed by atoms with Gasteiger partial charge in [0, 0.05) is 32.2 Å². The molecule has 3 heterocycles. The van der Waals surface area contributed by atoms with Gasteiger partial charge in [-0.15, -0.1) is 0 Å². The quantitative estimate of drug-likeness (QED) is 0.667. The third kappa shape index (κ3) is 2.94. The molecular formula is C18H20ClN5O3. The minimum atomic E-state index is -0.418. The number of morpholine rings is 1. The number of imidazole rings is 1. The average molecular weight is 390 g/mol. The number of rotatable bonds is 3. The zero-order chi connectivity index (χ0) is 19.1. The van der Waals surface area contributed by atoms with Crippen LogP contribution in [0.3, 0.4) is 0 Å². The minimum Gasteiger partial charge on any atom is -0.378 e. The van der Waals surface area contributed by atoms with Gasteiger partial charge in [-0.25, -0.2) is 4.79 Å². The molecule has 0 radical (unpaired) electrons. The maximum absolute atomic E-state index is 13.1. The van der Waals surface area contributed by atoms with Crippen LogP contribution in [0.15, 0.2) is 33.9 Å². The van der Waals surface area contributed by atoms with Gasteiger partial charge >= 0.3 is 5.69 Å². The van der Waals surface area contributed by atoms with E-state index in [1.54, 1.807) is 30.8 Å². The van der Waals surface area contributed by atoms with Gasteiger partial charge < -0.3 is 14.2 Å². The number of fused-ring (bicyclic) bond motifs is 1. The molecule has 142 valence electrons. The predicted octanol–water partition coefficient (Wildman–Crippen LogP) is 0.972. The summed E-state index contributed by atoms with van der Waals surface area (Å²) in [6.45, 7) is 2.72. The molecule has 2 aromatic heterocycles. The van der Waals surface area contributed by atoms with Gasteiger partial charge in [-0.2, -0.15) is 4.98 Å². The molecule has 9 heteroatoms. The Labute approximate surface area is 160 Å². The smallest absolute Gasteiger partial charge is 0.332 e. The normalized spacial score (nSPS) is 14.9. The van der Waals surface area contributed by atoms with Crippen LogP contribution < -0.4 is 16.1 Å². The van der Waals surface area contributed by atoms with E-state index in [4.69, 9.17) is 16.3 Å². The second-order valence-corrected chi connectivity index (χ2v) is 6.97.